The third-order valence-corrected chi connectivity index (χ3v) is 1.58. The van der Waals surface area contributed by atoms with Crippen LogP contribution in [0, 0.1) is 6.92 Å². The number of nitrogen functional groups attached to an aromatic ring is 1. The first-order valence-electron chi connectivity index (χ1n) is 3.72. The van der Waals surface area contributed by atoms with Crippen molar-refractivity contribution < 1.29 is 0 Å². The fourth-order valence-corrected chi connectivity index (χ4v) is 0.983. The largest absolute Gasteiger partial charge is 0.368 e. The molecule has 0 radical (unpaired) electrons. The molecule has 0 atom stereocenters. The van der Waals surface area contributed by atoms with E-state index in [0.29, 0.717) is 11.8 Å². The summed E-state index contributed by atoms with van der Waals surface area (Å²) in [5, 5.41) is 3.92. The Balaban J connectivity index is 2.53. The van der Waals surface area contributed by atoms with E-state index in [-0.39, 0.29) is 0 Å². The molecule has 0 spiro atoms. The second-order valence-corrected chi connectivity index (χ2v) is 2.55. The van der Waals surface area contributed by atoms with Crippen molar-refractivity contribution in [2.45, 2.75) is 6.92 Å². The number of nitrogens with two attached hydrogens (primary N) is 1. The summed E-state index contributed by atoms with van der Waals surface area (Å²) in [5.41, 5.74) is 6.41. The standard InChI is InChI=1S/C7H8N6/c1-5-2-6(10-3-9-5)13-7(8)11-4-12-13/h2-4H,1H3,(H2,8,11,12). The molecule has 0 aliphatic heterocycles. The molecular weight excluding hydrogens is 168 g/mol. The smallest absolute Gasteiger partial charge is 0.224 e. The molecule has 6 heteroatoms. The second kappa shape index (κ2) is 2.81. The number of nitrogens with zero attached hydrogens (tertiary/aromatic N) is 5. The van der Waals surface area contributed by atoms with Gasteiger partial charge in [0.2, 0.25) is 5.95 Å². The third-order valence-electron chi connectivity index (χ3n) is 1.58. The summed E-state index contributed by atoms with van der Waals surface area (Å²) in [5.74, 6) is 0.945. The van der Waals surface area contributed by atoms with Crippen molar-refractivity contribution in [2.24, 2.45) is 0 Å². The summed E-state index contributed by atoms with van der Waals surface area (Å²) in [4.78, 5) is 11.8. The van der Waals surface area contributed by atoms with E-state index in [9.17, 15) is 0 Å². The van der Waals surface area contributed by atoms with Crippen LogP contribution in [0.3, 0.4) is 0 Å². The average Bonchev–Trinajstić information content (AvgIpc) is 2.51. The highest BCUT2D eigenvalue weighted by Crippen LogP contribution is 2.05. The Morgan fingerprint density at radius 3 is 2.69 bits per heavy atom. The molecule has 2 aromatic heterocycles. The van der Waals surface area contributed by atoms with Gasteiger partial charge in [0.1, 0.15) is 12.7 Å². The predicted octanol–water partition coefficient (Wildman–Crippen LogP) is -0.0521. The van der Waals surface area contributed by atoms with Crippen LogP contribution in [0.2, 0.25) is 0 Å². The minimum atomic E-state index is 0.318. The molecule has 0 aliphatic rings. The topological polar surface area (TPSA) is 82.5 Å². The van der Waals surface area contributed by atoms with Gasteiger partial charge in [-0.3, -0.25) is 0 Å². The van der Waals surface area contributed by atoms with Crippen LogP contribution in [-0.2, 0) is 0 Å². The van der Waals surface area contributed by atoms with Crippen molar-refractivity contribution in [1.29, 1.82) is 0 Å². The number of hydrogen-bond acceptors (Lipinski definition) is 5. The van der Waals surface area contributed by atoms with Crippen molar-refractivity contribution in [2.75, 3.05) is 5.73 Å². The van der Waals surface area contributed by atoms with Gasteiger partial charge in [0.25, 0.3) is 0 Å². The van der Waals surface area contributed by atoms with E-state index in [4.69, 9.17) is 5.73 Å². The Hall–Kier alpha value is -1.98. The van der Waals surface area contributed by atoms with Crippen LogP contribution in [0.5, 0.6) is 0 Å². The van der Waals surface area contributed by atoms with Crippen molar-refractivity contribution in [3.63, 3.8) is 0 Å². The number of anilines is 1. The monoisotopic (exact) mass is 176 g/mol. The normalized spacial score (nSPS) is 10.2. The lowest BCUT2D eigenvalue weighted by molar-refractivity contribution is 0.843. The molecule has 13 heavy (non-hydrogen) atoms. The molecular formula is C7H8N6. The third kappa shape index (κ3) is 1.33. The Morgan fingerprint density at radius 1 is 1.23 bits per heavy atom. The van der Waals surface area contributed by atoms with Gasteiger partial charge in [-0.25, -0.2) is 9.97 Å². The highest BCUT2D eigenvalue weighted by atomic mass is 15.4. The molecule has 66 valence electrons. The van der Waals surface area contributed by atoms with Gasteiger partial charge in [-0.2, -0.15) is 14.8 Å². The Labute approximate surface area is 74.5 Å². The maximum Gasteiger partial charge on any atom is 0.224 e. The zero-order valence-corrected chi connectivity index (χ0v) is 7.05. The van der Waals surface area contributed by atoms with Crippen LogP contribution in [-0.4, -0.2) is 24.7 Å². The molecule has 2 aromatic rings. The van der Waals surface area contributed by atoms with Gasteiger partial charge < -0.3 is 5.73 Å². The van der Waals surface area contributed by atoms with Crippen LogP contribution >= 0.6 is 0 Å². The van der Waals surface area contributed by atoms with E-state index >= 15 is 0 Å². The zero-order valence-electron chi connectivity index (χ0n) is 7.05. The highest BCUT2D eigenvalue weighted by molar-refractivity contribution is 5.30. The number of aryl methyl sites for hydroxylation is 1. The van der Waals surface area contributed by atoms with Gasteiger partial charge in [0, 0.05) is 11.8 Å². The van der Waals surface area contributed by atoms with Gasteiger partial charge in [-0.05, 0) is 6.92 Å². The van der Waals surface area contributed by atoms with Crippen LogP contribution in [0.4, 0.5) is 5.95 Å². The molecule has 0 saturated carbocycles. The molecule has 0 aliphatic carbocycles. The van der Waals surface area contributed by atoms with Crippen molar-refractivity contribution in [3.05, 3.63) is 24.4 Å². The maximum absolute atomic E-state index is 5.55. The van der Waals surface area contributed by atoms with E-state index in [1.807, 2.05) is 6.92 Å². The fraction of sp³-hybridized carbons (Fsp3) is 0.143. The van der Waals surface area contributed by atoms with Crippen LogP contribution in [0.25, 0.3) is 5.82 Å². The van der Waals surface area contributed by atoms with Gasteiger partial charge in [0.05, 0.1) is 0 Å². The lowest BCUT2D eigenvalue weighted by atomic mass is 10.4. The first-order valence-corrected chi connectivity index (χ1v) is 3.72. The van der Waals surface area contributed by atoms with E-state index in [1.165, 1.54) is 17.3 Å². The van der Waals surface area contributed by atoms with Gasteiger partial charge in [-0.15, -0.1) is 0 Å². The molecule has 0 unspecified atom stereocenters. The Kier molecular flexibility index (Phi) is 1.66. The lowest BCUT2D eigenvalue weighted by Gasteiger charge is -2.00. The van der Waals surface area contributed by atoms with Crippen LogP contribution in [0.15, 0.2) is 18.7 Å². The average molecular weight is 176 g/mol. The highest BCUT2D eigenvalue weighted by Gasteiger charge is 2.03. The quantitative estimate of drug-likeness (QED) is 0.658. The van der Waals surface area contributed by atoms with E-state index in [1.54, 1.807) is 6.07 Å². The molecule has 0 saturated heterocycles. The molecule has 0 aromatic carbocycles. The summed E-state index contributed by atoms with van der Waals surface area (Å²) in [6.07, 6.45) is 2.85. The number of aromatic nitrogens is 5. The van der Waals surface area contributed by atoms with Crippen molar-refractivity contribution in [1.82, 2.24) is 24.7 Å². The van der Waals surface area contributed by atoms with Gasteiger partial charge in [0.15, 0.2) is 5.82 Å². The second-order valence-electron chi connectivity index (χ2n) is 2.55. The summed E-state index contributed by atoms with van der Waals surface area (Å²) in [6, 6.07) is 1.78. The lowest BCUT2D eigenvalue weighted by Crippen LogP contribution is -2.05. The maximum atomic E-state index is 5.55. The van der Waals surface area contributed by atoms with Gasteiger partial charge in [-0.1, -0.05) is 0 Å². The van der Waals surface area contributed by atoms with E-state index < -0.39 is 0 Å². The molecule has 2 rings (SSSR count). The first-order chi connectivity index (χ1) is 6.27. The minimum Gasteiger partial charge on any atom is -0.368 e. The Morgan fingerprint density at radius 2 is 2.08 bits per heavy atom. The Bertz CT molecular complexity index is 420. The molecule has 2 heterocycles. The molecule has 0 amide bonds. The van der Waals surface area contributed by atoms with Crippen LogP contribution < -0.4 is 5.73 Å². The fourth-order valence-electron chi connectivity index (χ4n) is 0.983. The SMILES string of the molecule is Cc1cc(-n2ncnc2N)ncn1. The van der Waals surface area contributed by atoms with Crippen LogP contribution in [0.1, 0.15) is 5.69 Å². The minimum absolute atomic E-state index is 0.318. The number of rotatable bonds is 1. The molecule has 0 fully saturated rings. The molecule has 6 nitrogen and oxygen atoms in total. The first kappa shape index (κ1) is 7.66. The summed E-state index contributed by atoms with van der Waals surface area (Å²) < 4.78 is 1.45. The predicted molar refractivity (Wildman–Crippen MR) is 46.1 cm³/mol. The zero-order chi connectivity index (χ0) is 9.26. The summed E-state index contributed by atoms with van der Waals surface area (Å²) >= 11 is 0. The van der Waals surface area contributed by atoms with Gasteiger partial charge >= 0.3 is 0 Å². The molecule has 0 bridgehead atoms. The van der Waals surface area contributed by atoms with Crippen molar-refractivity contribution in [3.8, 4) is 5.82 Å². The number of hydrogen-bond donors (Lipinski definition) is 1. The molecule has 2 N–H and O–H groups in total. The van der Waals surface area contributed by atoms with E-state index in [0.717, 1.165) is 5.69 Å². The van der Waals surface area contributed by atoms with E-state index in [2.05, 4.69) is 20.1 Å². The summed E-state index contributed by atoms with van der Waals surface area (Å²) in [6.45, 7) is 1.87. The summed E-state index contributed by atoms with van der Waals surface area (Å²) in [7, 11) is 0. The van der Waals surface area contributed by atoms with Crippen molar-refractivity contribution >= 4 is 5.95 Å².